The van der Waals surface area contributed by atoms with Crippen molar-refractivity contribution in [2.75, 3.05) is 6.61 Å². The molecule has 0 radical (unpaired) electrons. The second kappa shape index (κ2) is 5.18. The SMILES string of the molecule is CCOC(=O)OC(C)(C)C(=O)OC(C)(C)C. The van der Waals surface area contributed by atoms with Crippen LogP contribution in [-0.2, 0) is 19.0 Å². The zero-order chi connectivity index (χ0) is 13.0. The van der Waals surface area contributed by atoms with Crippen LogP contribution in [0.25, 0.3) is 0 Å². The summed E-state index contributed by atoms with van der Waals surface area (Å²) < 4.78 is 14.5. The lowest BCUT2D eigenvalue weighted by Gasteiger charge is -2.27. The van der Waals surface area contributed by atoms with E-state index in [-0.39, 0.29) is 6.61 Å². The molecule has 0 spiro atoms. The fourth-order valence-electron chi connectivity index (χ4n) is 0.798. The second-order valence-electron chi connectivity index (χ2n) is 4.80. The van der Waals surface area contributed by atoms with E-state index in [1.165, 1.54) is 13.8 Å². The Hall–Kier alpha value is -1.26. The normalized spacial score (nSPS) is 11.9. The maximum atomic E-state index is 11.7. The molecule has 0 aliphatic carbocycles. The number of ether oxygens (including phenoxy) is 3. The van der Waals surface area contributed by atoms with Crippen molar-refractivity contribution in [2.45, 2.75) is 52.7 Å². The Morgan fingerprint density at radius 3 is 1.88 bits per heavy atom. The predicted octanol–water partition coefficient (Wildman–Crippen LogP) is 2.28. The van der Waals surface area contributed by atoms with Crippen LogP contribution < -0.4 is 0 Å². The summed E-state index contributed by atoms with van der Waals surface area (Å²) >= 11 is 0. The molecule has 94 valence electrons. The van der Waals surface area contributed by atoms with Gasteiger partial charge in [-0.15, -0.1) is 0 Å². The Balaban J connectivity index is 4.42. The van der Waals surface area contributed by atoms with E-state index in [4.69, 9.17) is 9.47 Å². The molecular formula is C11H20O5. The molecule has 0 unspecified atom stereocenters. The number of rotatable bonds is 3. The van der Waals surface area contributed by atoms with E-state index in [1.54, 1.807) is 27.7 Å². The molecule has 0 aliphatic heterocycles. The number of esters is 1. The molecule has 0 rings (SSSR count). The number of carbonyl (C=O) groups excluding carboxylic acids is 2. The first-order valence-electron chi connectivity index (χ1n) is 5.17. The van der Waals surface area contributed by atoms with Gasteiger partial charge in [-0.05, 0) is 41.5 Å². The molecule has 0 saturated heterocycles. The first-order chi connectivity index (χ1) is 7.08. The van der Waals surface area contributed by atoms with Crippen LogP contribution in [0.4, 0.5) is 4.79 Å². The Kier molecular flexibility index (Phi) is 4.78. The van der Waals surface area contributed by atoms with Gasteiger partial charge in [-0.3, -0.25) is 0 Å². The topological polar surface area (TPSA) is 61.8 Å². The molecule has 0 N–H and O–H groups in total. The van der Waals surface area contributed by atoms with Crippen molar-refractivity contribution < 1.29 is 23.8 Å². The smallest absolute Gasteiger partial charge is 0.457 e. The van der Waals surface area contributed by atoms with Crippen molar-refractivity contribution >= 4 is 12.1 Å². The molecule has 0 aromatic carbocycles. The standard InChI is InChI=1S/C11H20O5/c1-7-14-9(13)16-11(5,6)8(12)15-10(2,3)4/h7H2,1-6H3. The summed E-state index contributed by atoms with van der Waals surface area (Å²) in [6.07, 6.45) is -0.877. The summed E-state index contributed by atoms with van der Waals surface area (Å²) in [7, 11) is 0. The lowest BCUT2D eigenvalue weighted by atomic mass is 10.1. The third-order valence-corrected chi connectivity index (χ3v) is 1.49. The first kappa shape index (κ1) is 14.7. The van der Waals surface area contributed by atoms with Crippen LogP contribution in [0.5, 0.6) is 0 Å². The maximum Gasteiger partial charge on any atom is 0.509 e. The highest BCUT2D eigenvalue weighted by Gasteiger charge is 2.36. The van der Waals surface area contributed by atoms with Gasteiger partial charge in [-0.2, -0.15) is 0 Å². The van der Waals surface area contributed by atoms with Crippen LogP contribution >= 0.6 is 0 Å². The van der Waals surface area contributed by atoms with E-state index in [2.05, 4.69) is 4.74 Å². The summed E-state index contributed by atoms with van der Waals surface area (Å²) in [5, 5.41) is 0. The minimum atomic E-state index is -1.35. The van der Waals surface area contributed by atoms with Crippen LogP contribution in [0.2, 0.25) is 0 Å². The number of hydrogen-bond donors (Lipinski definition) is 0. The molecule has 0 saturated carbocycles. The number of hydrogen-bond acceptors (Lipinski definition) is 5. The molecule has 5 nitrogen and oxygen atoms in total. The summed E-state index contributed by atoms with van der Waals surface area (Å²) in [5.41, 5.74) is -1.97. The molecule has 0 aliphatic rings. The van der Waals surface area contributed by atoms with Crippen molar-refractivity contribution in [2.24, 2.45) is 0 Å². The Morgan fingerprint density at radius 2 is 1.50 bits per heavy atom. The van der Waals surface area contributed by atoms with Crippen molar-refractivity contribution in [1.29, 1.82) is 0 Å². The molecule has 0 fully saturated rings. The summed E-state index contributed by atoms with van der Waals surface area (Å²) in [6, 6.07) is 0. The van der Waals surface area contributed by atoms with E-state index in [1.807, 2.05) is 0 Å². The van der Waals surface area contributed by atoms with Gasteiger partial charge in [-0.1, -0.05) is 0 Å². The third kappa shape index (κ3) is 5.58. The molecular weight excluding hydrogens is 212 g/mol. The highest BCUT2D eigenvalue weighted by Crippen LogP contribution is 2.17. The quantitative estimate of drug-likeness (QED) is 0.698. The van der Waals surface area contributed by atoms with Gasteiger partial charge in [0.05, 0.1) is 6.61 Å². The molecule has 0 amide bonds. The van der Waals surface area contributed by atoms with Gasteiger partial charge < -0.3 is 14.2 Å². The zero-order valence-corrected chi connectivity index (χ0v) is 10.7. The fraction of sp³-hybridized carbons (Fsp3) is 0.818. The molecule has 0 bridgehead atoms. The van der Waals surface area contributed by atoms with Crippen molar-refractivity contribution in [1.82, 2.24) is 0 Å². The van der Waals surface area contributed by atoms with Crippen LogP contribution in [0.1, 0.15) is 41.5 Å². The predicted molar refractivity (Wildman–Crippen MR) is 58.0 cm³/mol. The Morgan fingerprint density at radius 1 is 1.00 bits per heavy atom. The van der Waals surface area contributed by atoms with E-state index < -0.39 is 23.3 Å². The van der Waals surface area contributed by atoms with Crippen molar-refractivity contribution in [3.05, 3.63) is 0 Å². The molecule has 16 heavy (non-hydrogen) atoms. The van der Waals surface area contributed by atoms with Crippen molar-refractivity contribution in [3.8, 4) is 0 Å². The Labute approximate surface area is 96.1 Å². The summed E-state index contributed by atoms with van der Waals surface area (Å²) in [4.78, 5) is 22.7. The van der Waals surface area contributed by atoms with E-state index in [9.17, 15) is 9.59 Å². The van der Waals surface area contributed by atoms with E-state index >= 15 is 0 Å². The van der Waals surface area contributed by atoms with Gasteiger partial charge in [0, 0.05) is 0 Å². The lowest BCUT2D eigenvalue weighted by Crippen LogP contribution is -2.42. The van der Waals surface area contributed by atoms with E-state index in [0.717, 1.165) is 0 Å². The van der Waals surface area contributed by atoms with Crippen LogP contribution in [0.15, 0.2) is 0 Å². The lowest BCUT2D eigenvalue weighted by molar-refractivity contribution is -0.175. The molecule has 5 heteroatoms. The highest BCUT2D eigenvalue weighted by atomic mass is 16.7. The third-order valence-electron chi connectivity index (χ3n) is 1.49. The maximum absolute atomic E-state index is 11.7. The summed E-state index contributed by atoms with van der Waals surface area (Å²) in [6.45, 7) is 9.99. The molecule has 0 aromatic rings. The molecule has 0 heterocycles. The van der Waals surface area contributed by atoms with E-state index in [0.29, 0.717) is 0 Å². The second-order valence-corrected chi connectivity index (χ2v) is 4.80. The average Bonchev–Trinajstić information content (AvgIpc) is 1.99. The van der Waals surface area contributed by atoms with Crippen LogP contribution in [-0.4, -0.2) is 29.9 Å². The fourth-order valence-corrected chi connectivity index (χ4v) is 0.798. The highest BCUT2D eigenvalue weighted by molar-refractivity contribution is 5.81. The first-order valence-corrected chi connectivity index (χ1v) is 5.17. The van der Waals surface area contributed by atoms with Gasteiger partial charge in [0.15, 0.2) is 0 Å². The van der Waals surface area contributed by atoms with Gasteiger partial charge >= 0.3 is 12.1 Å². The minimum Gasteiger partial charge on any atom is -0.457 e. The van der Waals surface area contributed by atoms with Gasteiger partial charge in [0.2, 0.25) is 5.60 Å². The average molecular weight is 232 g/mol. The van der Waals surface area contributed by atoms with Crippen LogP contribution in [0.3, 0.4) is 0 Å². The van der Waals surface area contributed by atoms with Gasteiger partial charge in [0.1, 0.15) is 5.60 Å². The monoisotopic (exact) mass is 232 g/mol. The van der Waals surface area contributed by atoms with Gasteiger partial charge in [-0.25, -0.2) is 9.59 Å². The zero-order valence-electron chi connectivity index (χ0n) is 10.7. The minimum absolute atomic E-state index is 0.198. The van der Waals surface area contributed by atoms with Gasteiger partial charge in [0.25, 0.3) is 0 Å². The number of carbonyl (C=O) groups is 2. The molecule has 0 atom stereocenters. The van der Waals surface area contributed by atoms with Crippen molar-refractivity contribution in [3.63, 3.8) is 0 Å². The largest absolute Gasteiger partial charge is 0.509 e. The van der Waals surface area contributed by atoms with Crippen LogP contribution in [0, 0.1) is 0 Å². The molecule has 0 aromatic heterocycles. The Bertz CT molecular complexity index is 262. The summed E-state index contributed by atoms with van der Waals surface area (Å²) in [5.74, 6) is -0.604.